The summed E-state index contributed by atoms with van der Waals surface area (Å²) in [4.78, 5) is 24.3. The van der Waals surface area contributed by atoms with Crippen LogP contribution in [0.5, 0.6) is 11.5 Å². The number of ether oxygens (including phenoxy) is 2. The SMILES string of the molecule is COc1ccc(/C=C(\NC(=O)c2ccccc2)C(=O)NN)c(OC)c1. The van der Waals surface area contributed by atoms with Crippen LogP contribution in [-0.4, -0.2) is 26.0 Å². The summed E-state index contributed by atoms with van der Waals surface area (Å²) < 4.78 is 10.4. The van der Waals surface area contributed by atoms with Crippen molar-refractivity contribution in [1.82, 2.24) is 10.7 Å². The molecule has 0 aliphatic heterocycles. The van der Waals surface area contributed by atoms with Crippen LogP contribution in [0.4, 0.5) is 0 Å². The highest BCUT2D eigenvalue weighted by Gasteiger charge is 2.15. The molecule has 0 spiro atoms. The summed E-state index contributed by atoms with van der Waals surface area (Å²) in [6.07, 6.45) is 1.47. The third kappa shape index (κ3) is 4.58. The van der Waals surface area contributed by atoms with Crippen LogP contribution in [0.1, 0.15) is 15.9 Å². The van der Waals surface area contributed by atoms with Gasteiger partial charge >= 0.3 is 0 Å². The highest BCUT2D eigenvalue weighted by Crippen LogP contribution is 2.26. The standard InChI is InChI=1S/C18H19N3O4/c1-24-14-9-8-13(16(11-14)25-2)10-15(18(23)21-19)20-17(22)12-6-4-3-5-7-12/h3-11H,19H2,1-2H3,(H,20,22)(H,21,23)/b15-10-. The topological polar surface area (TPSA) is 103 Å². The molecule has 0 aliphatic rings. The number of nitrogens with one attached hydrogen (secondary N) is 2. The molecular formula is C18H19N3O4. The Labute approximate surface area is 145 Å². The molecule has 0 aliphatic carbocycles. The van der Waals surface area contributed by atoms with Gasteiger partial charge in [-0.3, -0.25) is 15.0 Å². The van der Waals surface area contributed by atoms with Crippen molar-refractivity contribution in [2.45, 2.75) is 0 Å². The lowest BCUT2D eigenvalue weighted by molar-refractivity contribution is -0.117. The van der Waals surface area contributed by atoms with E-state index in [4.69, 9.17) is 15.3 Å². The van der Waals surface area contributed by atoms with Gasteiger partial charge in [-0.2, -0.15) is 0 Å². The molecular weight excluding hydrogens is 322 g/mol. The number of rotatable bonds is 6. The van der Waals surface area contributed by atoms with E-state index in [0.717, 1.165) is 0 Å². The number of methoxy groups -OCH3 is 2. The zero-order chi connectivity index (χ0) is 18.2. The number of hydrogen-bond donors (Lipinski definition) is 3. The van der Waals surface area contributed by atoms with Crippen molar-refractivity contribution < 1.29 is 19.1 Å². The average Bonchev–Trinajstić information content (AvgIpc) is 2.67. The van der Waals surface area contributed by atoms with Crippen molar-refractivity contribution in [1.29, 1.82) is 0 Å². The van der Waals surface area contributed by atoms with Gasteiger partial charge in [0.1, 0.15) is 17.2 Å². The highest BCUT2D eigenvalue weighted by atomic mass is 16.5. The van der Waals surface area contributed by atoms with Gasteiger partial charge < -0.3 is 14.8 Å². The average molecular weight is 341 g/mol. The summed E-state index contributed by atoms with van der Waals surface area (Å²) in [5, 5.41) is 2.56. The molecule has 25 heavy (non-hydrogen) atoms. The maximum Gasteiger partial charge on any atom is 0.281 e. The van der Waals surface area contributed by atoms with Crippen LogP contribution < -0.4 is 26.1 Å². The summed E-state index contributed by atoms with van der Waals surface area (Å²) >= 11 is 0. The van der Waals surface area contributed by atoms with Crippen molar-refractivity contribution >= 4 is 17.9 Å². The van der Waals surface area contributed by atoms with Gasteiger partial charge in [-0.25, -0.2) is 5.84 Å². The molecule has 0 unspecified atom stereocenters. The second-order valence-corrected chi connectivity index (χ2v) is 4.96. The van der Waals surface area contributed by atoms with E-state index >= 15 is 0 Å². The lowest BCUT2D eigenvalue weighted by Crippen LogP contribution is -2.38. The number of carbonyl (C=O) groups excluding carboxylic acids is 2. The first kappa shape index (κ1) is 18.0. The fourth-order valence-electron chi connectivity index (χ4n) is 2.11. The smallest absolute Gasteiger partial charge is 0.281 e. The quantitative estimate of drug-likeness (QED) is 0.319. The van der Waals surface area contributed by atoms with Crippen molar-refractivity contribution in [2.75, 3.05) is 14.2 Å². The Morgan fingerprint density at radius 3 is 2.36 bits per heavy atom. The predicted molar refractivity (Wildman–Crippen MR) is 93.8 cm³/mol. The largest absolute Gasteiger partial charge is 0.497 e. The van der Waals surface area contributed by atoms with Crippen molar-refractivity contribution in [2.24, 2.45) is 5.84 Å². The van der Waals surface area contributed by atoms with E-state index in [1.165, 1.54) is 20.3 Å². The Balaban J connectivity index is 2.36. The van der Waals surface area contributed by atoms with Crippen LogP contribution >= 0.6 is 0 Å². The molecule has 0 heterocycles. The van der Waals surface area contributed by atoms with Crippen LogP contribution in [0.2, 0.25) is 0 Å². The third-order valence-electron chi connectivity index (χ3n) is 3.40. The lowest BCUT2D eigenvalue weighted by atomic mass is 10.1. The van der Waals surface area contributed by atoms with Gasteiger partial charge in [0.25, 0.3) is 11.8 Å². The van der Waals surface area contributed by atoms with Crippen LogP contribution in [0, 0.1) is 0 Å². The summed E-state index contributed by atoms with van der Waals surface area (Å²) in [7, 11) is 3.04. The fraction of sp³-hybridized carbons (Fsp3) is 0.111. The Morgan fingerprint density at radius 2 is 1.76 bits per heavy atom. The van der Waals surface area contributed by atoms with Crippen LogP contribution in [0.25, 0.3) is 6.08 Å². The first-order valence-electron chi connectivity index (χ1n) is 7.40. The van der Waals surface area contributed by atoms with E-state index in [1.807, 2.05) is 5.43 Å². The minimum Gasteiger partial charge on any atom is -0.497 e. The summed E-state index contributed by atoms with van der Waals surface area (Å²) in [5.74, 6) is 5.24. The normalized spacial score (nSPS) is 10.8. The van der Waals surface area contributed by atoms with Gasteiger partial charge in [0.05, 0.1) is 14.2 Å². The van der Waals surface area contributed by atoms with Crippen molar-refractivity contribution in [3.05, 3.63) is 65.4 Å². The minimum absolute atomic E-state index is 0.0141. The maximum atomic E-state index is 12.3. The molecule has 130 valence electrons. The molecule has 0 radical (unpaired) electrons. The zero-order valence-electron chi connectivity index (χ0n) is 13.9. The van der Waals surface area contributed by atoms with Crippen LogP contribution in [0.15, 0.2) is 54.2 Å². The first-order valence-corrected chi connectivity index (χ1v) is 7.40. The number of hydrazine groups is 1. The minimum atomic E-state index is -0.637. The summed E-state index contributed by atoms with van der Waals surface area (Å²) in [5.41, 5.74) is 3.00. The molecule has 0 saturated heterocycles. The first-order chi connectivity index (χ1) is 12.1. The van der Waals surface area contributed by atoms with Crippen LogP contribution in [0.3, 0.4) is 0 Å². The van der Waals surface area contributed by atoms with Crippen molar-refractivity contribution in [3.63, 3.8) is 0 Å². The molecule has 2 amide bonds. The predicted octanol–water partition coefficient (Wildman–Crippen LogP) is 1.46. The van der Waals surface area contributed by atoms with E-state index in [9.17, 15) is 9.59 Å². The number of nitrogens with two attached hydrogens (primary N) is 1. The number of benzene rings is 2. The molecule has 0 saturated carbocycles. The van der Waals surface area contributed by atoms with Gasteiger partial charge in [-0.05, 0) is 30.3 Å². The number of hydrogen-bond acceptors (Lipinski definition) is 5. The van der Waals surface area contributed by atoms with E-state index in [0.29, 0.717) is 22.6 Å². The second-order valence-electron chi connectivity index (χ2n) is 4.96. The molecule has 2 aromatic carbocycles. The van der Waals surface area contributed by atoms with Gasteiger partial charge in [0.2, 0.25) is 0 Å². The Morgan fingerprint density at radius 1 is 1.04 bits per heavy atom. The molecule has 7 heteroatoms. The van der Waals surface area contributed by atoms with Gasteiger partial charge in [0.15, 0.2) is 0 Å². The number of carbonyl (C=O) groups is 2. The van der Waals surface area contributed by atoms with Gasteiger partial charge in [-0.1, -0.05) is 18.2 Å². The third-order valence-corrected chi connectivity index (χ3v) is 3.40. The molecule has 4 N–H and O–H groups in total. The van der Waals surface area contributed by atoms with Crippen LogP contribution in [-0.2, 0) is 4.79 Å². The van der Waals surface area contributed by atoms with E-state index in [-0.39, 0.29) is 5.70 Å². The molecule has 7 nitrogen and oxygen atoms in total. The summed E-state index contributed by atoms with van der Waals surface area (Å²) in [6.45, 7) is 0. The number of amides is 2. The lowest BCUT2D eigenvalue weighted by Gasteiger charge is -2.11. The molecule has 2 aromatic rings. The Hall–Kier alpha value is -3.32. The zero-order valence-corrected chi connectivity index (χ0v) is 13.9. The second kappa shape index (κ2) is 8.51. The maximum absolute atomic E-state index is 12.3. The summed E-state index contributed by atoms with van der Waals surface area (Å²) in [6, 6.07) is 13.6. The Kier molecular flexibility index (Phi) is 6.14. The van der Waals surface area contributed by atoms with E-state index in [1.54, 1.807) is 48.5 Å². The van der Waals surface area contributed by atoms with E-state index < -0.39 is 11.8 Å². The highest BCUT2D eigenvalue weighted by molar-refractivity contribution is 6.05. The monoisotopic (exact) mass is 341 g/mol. The molecule has 2 rings (SSSR count). The van der Waals surface area contributed by atoms with Gasteiger partial charge in [-0.15, -0.1) is 0 Å². The fourth-order valence-corrected chi connectivity index (χ4v) is 2.11. The van der Waals surface area contributed by atoms with E-state index in [2.05, 4.69) is 5.32 Å². The molecule has 0 bridgehead atoms. The molecule has 0 aromatic heterocycles. The molecule has 0 atom stereocenters. The molecule has 0 fully saturated rings. The van der Waals surface area contributed by atoms with Crippen molar-refractivity contribution in [3.8, 4) is 11.5 Å². The Bertz CT molecular complexity index is 788. The van der Waals surface area contributed by atoms with Gasteiger partial charge in [0, 0.05) is 17.2 Å².